The summed E-state index contributed by atoms with van der Waals surface area (Å²) < 4.78 is 2.70. The largest absolute Gasteiger partial charge is 0.323 e. The maximum atomic E-state index is 12.2. The van der Waals surface area contributed by atoms with Crippen molar-refractivity contribution in [2.24, 2.45) is 7.05 Å². The minimum Gasteiger partial charge on any atom is -0.308 e. The highest BCUT2D eigenvalue weighted by Gasteiger charge is 2.10. The molecule has 3 aromatic rings. The molecule has 0 bridgehead atoms. The molecule has 0 saturated heterocycles. The summed E-state index contributed by atoms with van der Waals surface area (Å²) in [5.74, 6) is 0. The molecule has 0 spiro atoms. The standard InChI is InChI=1S/C18H17BrN4OS/c1-23-17(16(19)11-20-23)12-4-3-5-14(10-12)22-18(24)21-13-6-8-15(25-2)9-7-13/h3-11H,1-2H3,(H2,21,22,24). The number of aryl methyl sites for hydroxylation is 1. The monoisotopic (exact) mass is 416 g/mol. The fourth-order valence-corrected chi connectivity index (χ4v) is 3.43. The second-order valence-corrected chi connectivity index (χ2v) is 7.09. The van der Waals surface area contributed by atoms with E-state index in [2.05, 4.69) is 31.7 Å². The van der Waals surface area contributed by atoms with Crippen molar-refractivity contribution in [3.8, 4) is 11.3 Å². The lowest BCUT2D eigenvalue weighted by atomic mass is 10.1. The zero-order valence-corrected chi connectivity index (χ0v) is 16.2. The van der Waals surface area contributed by atoms with Crippen molar-refractivity contribution >= 4 is 45.1 Å². The van der Waals surface area contributed by atoms with Crippen LogP contribution in [0.4, 0.5) is 16.2 Å². The Morgan fingerprint density at radius 3 is 2.48 bits per heavy atom. The maximum Gasteiger partial charge on any atom is 0.323 e. The van der Waals surface area contributed by atoms with Crippen LogP contribution in [-0.2, 0) is 7.05 Å². The van der Waals surface area contributed by atoms with Gasteiger partial charge in [0.1, 0.15) is 0 Å². The Kier molecular flexibility index (Phi) is 5.45. The van der Waals surface area contributed by atoms with E-state index < -0.39 is 0 Å². The molecule has 0 unspecified atom stereocenters. The van der Waals surface area contributed by atoms with Crippen LogP contribution in [0.15, 0.2) is 64.1 Å². The highest BCUT2D eigenvalue weighted by molar-refractivity contribution is 9.10. The Morgan fingerprint density at radius 1 is 1.12 bits per heavy atom. The quantitative estimate of drug-likeness (QED) is 0.573. The highest BCUT2D eigenvalue weighted by atomic mass is 79.9. The van der Waals surface area contributed by atoms with Crippen LogP contribution in [0.2, 0.25) is 0 Å². The van der Waals surface area contributed by atoms with Gasteiger partial charge in [-0.1, -0.05) is 12.1 Å². The summed E-state index contributed by atoms with van der Waals surface area (Å²) in [6.07, 6.45) is 3.77. The lowest BCUT2D eigenvalue weighted by molar-refractivity contribution is 0.262. The van der Waals surface area contributed by atoms with Gasteiger partial charge in [0.2, 0.25) is 0 Å². The van der Waals surface area contributed by atoms with E-state index in [0.29, 0.717) is 5.69 Å². The number of amides is 2. The van der Waals surface area contributed by atoms with Gasteiger partial charge in [-0.25, -0.2) is 4.79 Å². The number of benzene rings is 2. The van der Waals surface area contributed by atoms with Gasteiger partial charge >= 0.3 is 6.03 Å². The first-order valence-electron chi connectivity index (χ1n) is 7.57. The van der Waals surface area contributed by atoms with Crippen LogP contribution in [0.1, 0.15) is 0 Å². The minimum atomic E-state index is -0.280. The number of urea groups is 1. The third kappa shape index (κ3) is 4.24. The lowest BCUT2D eigenvalue weighted by Gasteiger charge is -2.10. The molecule has 0 aliphatic rings. The molecule has 5 nitrogen and oxygen atoms in total. The molecule has 2 amide bonds. The Balaban J connectivity index is 1.72. The van der Waals surface area contributed by atoms with E-state index in [1.807, 2.05) is 61.8 Å². The van der Waals surface area contributed by atoms with Crippen molar-refractivity contribution in [3.63, 3.8) is 0 Å². The average molecular weight is 417 g/mol. The number of carbonyl (C=O) groups is 1. The number of hydrogen-bond acceptors (Lipinski definition) is 3. The second-order valence-electron chi connectivity index (χ2n) is 5.35. The van der Waals surface area contributed by atoms with Crippen LogP contribution in [0.3, 0.4) is 0 Å². The number of hydrogen-bond donors (Lipinski definition) is 2. The van der Waals surface area contributed by atoms with Crippen molar-refractivity contribution in [1.82, 2.24) is 9.78 Å². The third-order valence-corrected chi connectivity index (χ3v) is 4.96. The van der Waals surface area contributed by atoms with Crippen LogP contribution in [0.5, 0.6) is 0 Å². The molecule has 128 valence electrons. The molecule has 1 heterocycles. The molecule has 1 aromatic heterocycles. The average Bonchev–Trinajstić information content (AvgIpc) is 2.94. The summed E-state index contributed by atoms with van der Waals surface area (Å²) in [4.78, 5) is 13.4. The molecular formula is C18H17BrN4OS. The number of aromatic nitrogens is 2. The normalized spacial score (nSPS) is 10.5. The van der Waals surface area contributed by atoms with Gasteiger partial charge in [-0.2, -0.15) is 5.10 Å². The second kappa shape index (κ2) is 7.76. The number of anilines is 2. The number of halogens is 1. The first-order valence-corrected chi connectivity index (χ1v) is 9.58. The number of thioether (sulfide) groups is 1. The summed E-state index contributed by atoms with van der Waals surface area (Å²) in [5.41, 5.74) is 3.38. The van der Waals surface area contributed by atoms with E-state index in [4.69, 9.17) is 0 Å². The SMILES string of the molecule is CSc1ccc(NC(=O)Nc2cccc(-c3c(Br)cnn3C)c2)cc1. The van der Waals surface area contributed by atoms with Crippen molar-refractivity contribution in [1.29, 1.82) is 0 Å². The van der Waals surface area contributed by atoms with Gasteiger partial charge in [-0.3, -0.25) is 4.68 Å². The summed E-state index contributed by atoms with van der Waals surface area (Å²) in [6, 6.07) is 15.1. The molecule has 3 rings (SSSR count). The maximum absolute atomic E-state index is 12.2. The zero-order valence-electron chi connectivity index (χ0n) is 13.8. The van der Waals surface area contributed by atoms with Crippen molar-refractivity contribution in [2.75, 3.05) is 16.9 Å². The molecule has 0 aliphatic heterocycles. The van der Waals surface area contributed by atoms with Crippen LogP contribution in [0, 0.1) is 0 Å². The number of rotatable bonds is 4. The van der Waals surface area contributed by atoms with Crippen LogP contribution in [-0.4, -0.2) is 22.1 Å². The predicted octanol–water partition coefficient (Wildman–Crippen LogP) is 5.22. The van der Waals surface area contributed by atoms with Crippen LogP contribution >= 0.6 is 27.7 Å². The topological polar surface area (TPSA) is 59.0 Å². The minimum absolute atomic E-state index is 0.280. The smallest absolute Gasteiger partial charge is 0.308 e. The van der Waals surface area contributed by atoms with Crippen molar-refractivity contribution < 1.29 is 4.79 Å². The molecule has 7 heteroatoms. The first-order chi connectivity index (χ1) is 12.1. The molecule has 2 N–H and O–H groups in total. The zero-order chi connectivity index (χ0) is 17.8. The van der Waals surface area contributed by atoms with Gasteiger partial charge in [0.15, 0.2) is 0 Å². The van der Waals surface area contributed by atoms with Crippen molar-refractivity contribution in [3.05, 3.63) is 59.2 Å². The number of carbonyl (C=O) groups excluding carboxylic acids is 1. The lowest BCUT2D eigenvalue weighted by Crippen LogP contribution is -2.19. The van der Waals surface area contributed by atoms with E-state index in [1.54, 1.807) is 22.6 Å². The predicted molar refractivity (Wildman–Crippen MR) is 107 cm³/mol. The van der Waals surface area contributed by atoms with E-state index in [-0.39, 0.29) is 6.03 Å². The van der Waals surface area contributed by atoms with Crippen molar-refractivity contribution in [2.45, 2.75) is 4.90 Å². The van der Waals surface area contributed by atoms with E-state index in [0.717, 1.165) is 26.3 Å². The van der Waals surface area contributed by atoms with E-state index >= 15 is 0 Å². The van der Waals surface area contributed by atoms with E-state index in [1.165, 1.54) is 0 Å². The molecule has 0 radical (unpaired) electrons. The summed E-state index contributed by atoms with van der Waals surface area (Å²) in [7, 11) is 1.88. The first kappa shape index (κ1) is 17.6. The molecule has 25 heavy (non-hydrogen) atoms. The van der Waals surface area contributed by atoms with Gasteiger partial charge < -0.3 is 10.6 Å². The Bertz CT molecular complexity index is 873. The molecule has 2 aromatic carbocycles. The molecule has 0 fully saturated rings. The van der Waals surface area contributed by atoms with Crippen LogP contribution < -0.4 is 10.6 Å². The van der Waals surface area contributed by atoms with Crippen LogP contribution in [0.25, 0.3) is 11.3 Å². The summed E-state index contributed by atoms with van der Waals surface area (Å²) in [5, 5.41) is 9.91. The third-order valence-electron chi connectivity index (χ3n) is 3.64. The van der Waals surface area contributed by atoms with Gasteiger partial charge in [-0.05, 0) is 58.6 Å². The van der Waals surface area contributed by atoms with Gasteiger partial charge in [0.05, 0.1) is 16.4 Å². The molecule has 0 atom stereocenters. The Hall–Kier alpha value is -2.25. The van der Waals surface area contributed by atoms with E-state index in [9.17, 15) is 4.79 Å². The molecule has 0 saturated carbocycles. The fraction of sp³-hybridized carbons (Fsp3) is 0.111. The fourth-order valence-electron chi connectivity index (χ4n) is 2.45. The summed E-state index contributed by atoms with van der Waals surface area (Å²) >= 11 is 5.16. The Morgan fingerprint density at radius 2 is 1.84 bits per heavy atom. The Labute approximate surface area is 158 Å². The number of nitrogens with one attached hydrogen (secondary N) is 2. The summed E-state index contributed by atoms with van der Waals surface area (Å²) in [6.45, 7) is 0. The highest BCUT2D eigenvalue weighted by Crippen LogP contribution is 2.29. The molecular weight excluding hydrogens is 400 g/mol. The van der Waals surface area contributed by atoms with Gasteiger partial charge in [0, 0.05) is 28.9 Å². The number of nitrogens with zero attached hydrogens (tertiary/aromatic N) is 2. The van der Waals surface area contributed by atoms with Gasteiger partial charge in [0.25, 0.3) is 0 Å². The van der Waals surface area contributed by atoms with Gasteiger partial charge in [-0.15, -0.1) is 11.8 Å². The molecule has 0 aliphatic carbocycles.